The van der Waals surface area contributed by atoms with Gasteiger partial charge in [0.25, 0.3) is 0 Å². The maximum absolute atomic E-state index is 10.2. The van der Waals surface area contributed by atoms with Crippen molar-refractivity contribution in [3.8, 4) is 0 Å². The van der Waals surface area contributed by atoms with Crippen LogP contribution in [0.3, 0.4) is 0 Å². The fraction of sp³-hybridized carbons (Fsp3) is 0.875. The summed E-state index contributed by atoms with van der Waals surface area (Å²) in [5.74, 6) is 0.124. The van der Waals surface area contributed by atoms with E-state index in [1.54, 1.807) is 7.11 Å². The molecule has 114 valence electrons. The van der Waals surface area contributed by atoms with Crippen LogP contribution in [-0.2, 0) is 14.2 Å². The van der Waals surface area contributed by atoms with Gasteiger partial charge >= 0.3 is 0 Å². The van der Waals surface area contributed by atoms with Gasteiger partial charge in [-0.15, -0.1) is 0 Å². The van der Waals surface area contributed by atoms with Crippen LogP contribution < -0.4 is 0 Å². The number of methoxy groups -OCH3 is 1. The van der Waals surface area contributed by atoms with E-state index in [4.69, 9.17) is 14.2 Å². The van der Waals surface area contributed by atoms with E-state index < -0.39 is 6.10 Å². The number of hydrogen-bond donors (Lipinski definition) is 1. The Morgan fingerprint density at radius 2 is 2.15 bits per heavy atom. The van der Waals surface area contributed by atoms with E-state index in [1.165, 1.54) is 5.57 Å². The van der Waals surface area contributed by atoms with Crippen molar-refractivity contribution in [1.82, 2.24) is 0 Å². The zero-order valence-electron chi connectivity index (χ0n) is 12.9. The van der Waals surface area contributed by atoms with Gasteiger partial charge in [0.05, 0.1) is 36.4 Å². The molecule has 0 amide bonds. The number of ether oxygens (including phenoxy) is 3. The summed E-state index contributed by atoms with van der Waals surface area (Å²) >= 11 is 0. The number of aliphatic hydroxyl groups is 1. The summed E-state index contributed by atoms with van der Waals surface area (Å²) in [6.07, 6.45) is 4.43. The van der Waals surface area contributed by atoms with Gasteiger partial charge in [-0.05, 0) is 40.0 Å². The molecule has 0 unspecified atom stereocenters. The van der Waals surface area contributed by atoms with Crippen molar-refractivity contribution >= 4 is 0 Å². The van der Waals surface area contributed by atoms with Crippen molar-refractivity contribution in [2.24, 2.45) is 5.92 Å². The lowest BCUT2D eigenvalue weighted by Crippen LogP contribution is -2.54. The first-order valence-electron chi connectivity index (χ1n) is 7.59. The molecule has 1 spiro atoms. The topological polar surface area (TPSA) is 54.5 Å². The Labute approximate surface area is 121 Å². The Balaban J connectivity index is 1.78. The molecule has 1 saturated carbocycles. The molecule has 0 bridgehead atoms. The van der Waals surface area contributed by atoms with Gasteiger partial charge in [0, 0.05) is 7.11 Å². The maximum atomic E-state index is 10.2. The maximum Gasteiger partial charge on any atom is 0.101 e. The molecule has 2 aliphatic heterocycles. The third kappa shape index (κ3) is 2.23. The minimum atomic E-state index is -0.412. The number of rotatable bonds is 4. The predicted octanol–water partition coefficient (Wildman–Crippen LogP) is 2.06. The van der Waals surface area contributed by atoms with E-state index in [9.17, 15) is 5.11 Å². The Morgan fingerprint density at radius 1 is 1.45 bits per heavy atom. The molecule has 4 heteroatoms. The normalized spacial score (nSPS) is 50.0. The van der Waals surface area contributed by atoms with E-state index in [2.05, 4.69) is 26.8 Å². The van der Waals surface area contributed by atoms with E-state index >= 15 is 0 Å². The zero-order chi connectivity index (χ0) is 14.5. The second-order valence-electron chi connectivity index (χ2n) is 6.94. The molecule has 3 fully saturated rings. The fourth-order valence-electron chi connectivity index (χ4n) is 3.96. The summed E-state index contributed by atoms with van der Waals surface area (Å²) < 4.78 is 17.4. The Morgan fingerprint density at radius 3 is 2.70 bits per heavy atom. The third-order valence-corrected chi connectivity index (χ3v) is 5.26. The number of epoxide rings is 2. The van der Waals surface area contributed by atoms with Crippen molar-refractivity contribution in [3.63, 3.8) is 0 Å². The predicted molar refractivity (Wildman–Crippen MR) is 75.5 cm³/mol. The van der Waals surface area contributed by atoms with Crippen LogP contribution in [-0.4, -0.2) is 48.3 Å². The molecule has 4 nitrogen and oxygen atoms in total. The van der Waals surface area contributed by atoms with Gasteiger partial charge in [0.15, 0.2) is 0 Å². The number of allylic oxidation sites excluding steroid dienone is 1. The zero-order valence-corrected chi connectivity index (χ0v) is 12.9. The van der Waals surface area contributed by atoms with Gasteiger partial charge in [-0.25, -0.2) is 0 Å². The highest BCUT2D eigenvalue weighted by atomic mass is 16.6. The van der Waals surface area contributed by atoms with Crippen molar-refractivity contribution in [1.29, 1.82) is 0 Å². The van der Waals surface area contributed by atoms with Crippen molar-refractivity contribution in [2.75, 3.05) is 13.7 Å². The highest BCUT2D eigenvalue weighted by Crippen LogP contribution is 2.59. The molecule has 2 heterocycles. The molecule has 0 aromatic heterocycles. The van der Waals surface area contributed by atoms with Crippen molar-refractivity contribution in [2.45, 2.75) is 69.5 Å². The van der Waals surface area contributed by atoms with Gasteiger partial charge in [0.1, 0.15) is 5.60 Å². The average molecular weight is 282 g/mol. The molecule has 20 heavy (non-hydrogen) atoms. The van der Waals surface area contributed by atoms with Crippen LogP contribution in [0.4, 0.5) is 0 Å². The smallest absolute Gasteiger partial charge is 0.101 e. The van der Waals surface area contributed by atoms with Gasteiger partial charge in [-0.3, -0.25) is 0 Å². The molecule has 1 aliphatic carbocycles. The lowest BCUT2D eigenvalue weighted by atomic mass is 9.68. The van der Waals surface area contributed by atoms with E-state index in [1.807, 2.05) is 0 Å². The first-order valence-corrected chi connectivity index (χ1v) is 7.59. The average Bonchev–Trinajstić information content (AvgIpc) is 3.29. The summed E-state index contributed by atoms with van der Waals surface area (Å²) in [7, 11) is 1.68. The van der Waals surface area contributed by atoms with Crippen LogP contribution >= 0.6 is 0 Å². The molecular formula is C16H26O4. The molecule has 3 rings (SSSR count). The second kappa shape index (κ2) is 4.80. The van der Waals surface area contributed by atoms with Gasteiger partial charge in [-0.1, -0.05) is 11.6 Å². The first kappa shape index (κ1) is 14.5. The standard InChI is InChI=1S/C16H26O4/c1-10(2)5-6-12-15(3,20-12)14-13(18-4)11(17)7-8-16(14)9-19-16/h5,11-14,17H,6-9H2,1-4H3/t11-,12+,13-,14+,15-,16-/m1/s1. The van der Waals surface area contributed by atoms with Crippen molar-refractivity contribution < 1.29 is 19.3 Å². The lowest BCUT2D eigenvalue weighted by molar-refractivity contribution is -0.116. The molecule has 3 aliphatic rings. The molecule has 2 saturated heterocycles. The summed E-state index contributed by atoms with van der Waals surface area (Å²) in [5, 5.41) is 10.2. The van der Waals surface area contributed by atoms with Gasteiger partial charge in [0.2, 0.25) is 0 Å². The lowest BCUT2D eigenvalue weighted by Gasteiger charge is -2.41. The van der Waals surface area contributed by atoms with Gasteiger partial charge in [-0.2, -0.15) is 0 Å². The minimum Gasteiger partial charge on any atom is -0.390 e. The molecular weight excluding hydrogens is 256 g/mol. The number of hydrogen-bond acceptors (Lipinski definition) is 4. The summed E-state index contributed by atoms with van der Waals surface area (Å²) in [5.41, 5.74) is 0.964. The van der Waals surface area contributed by atoms with Crippen LogP contribution in [0, 0.1) is 5.92 Å². The van der Waals surface area contributed by atoms with E-state index in [-0.39, 0.29) is 29.3 Å². The van der Waals surface area contributed by atoms with E-state index in [0.717, 1.165) is 25.9 Å². The third-order valence-electron chi connectivity index (χ3n) is 5.26. The Bertz CT molecular complexity index is 411. The summed E-state index contributed by atoms with van der Waals surface area (Å²) in [6, 6.07) is 0. The molecule has 0 radical (unpaired) electrons. The van der Waals surface area contributed by atoms with Gasteiger partial charge < -0.3 is 19.3 Å². The molecule has 1 N–H and O–H groups in total. The quantitative estimate of drug-likeness (QED) is 0.633. The highest BCUT2D eigenvalue weighted by Gasteiger charge is 2.71. The largest absolute Gasteiger partial charge is 0.390 e. The van der Waals surface area contributed by atoms with Crippen LogP contribution in [0.2, 0.25) is 0 Å². The summed E-state index contributed by atoms with van der Waals surface area (Å²) in [6.45, 7) is 7.13. The molecule has 0 aromatic rings. The highest BCUT2D eigenvalue weighted by molar-refractivity contribution is 5.20. The van der Waals surface area contributed by atoms with Crippen LogP contribution in [0.25, 0.3) is 0 Å². The van der Waals surface area contributed by atoms with Crippen LogP contribution in [0.5, 0.6) is 0 Å². The fourth-order valence-corrected chi connectivity index (χ4v) is 3.96. The Kier molecular flexibility index (Phi) is 3.49. The monoisotopic (exact) mass is 282 g/mol. The first-order chi connectivity index (χ1) is 9.43. The molecule has 0 aromatic carbocycles. The van der Waals surface area contributed by atoms with Crippen molar-refractivity contribution in [3.05, 3.63) is 11.6 Å². The minimum absolute atomic E-state index is 0.117. The van der Waals surface area contributed by atoms with E-state index in [0.29, 0.717) is 0 Å². The summed E-state index contributed by atoms with van der Waals surface area (Å²) in [4.78, 5) is 0. The number of aliphatic hydroxyl groups excluding tert-OH is 1. The molecule has 6 atom stereocenters. The van der Waals surface area contributed by atoms with Crippen LogP contribution in [0.1, 0.15) is 40.0 Å². The Hall–Kier alpha value is -0.420. The van der Waals surface area contributed by atoms with Crippen LogP contribution in [0.15, 0.2) is 11.6 Å². The SMILES string of the molecule is CO[C@@H]1[C@H](O)CC[C@@]2(CO2)[C@@H]1[C@]1(C)O[C@H]1CC=C(C)C. The second-order valence-corrected chi connectivity index (χ2v) is 6.94.